The molecule has 0 bridgehead atoms. The highest BCUT2D eigenvalue weighted by molar-refractivity contribution is 5.67. The zero-order chi connectivity index (χ0) is 31.0. The van der Waals surface area contributed by atoms with Gasteiger partial charge in [-0.05, 0) is 43.7 Å². The first kappa shape index (κ1) is 32.2. The van der Waals surface area contributed by atoms with Gasteiger partial charge in [0, 0.05) is 50.6 Å². The summed E-state index contributed by atoms with van der Waals surface area (Å²) >= 11 is 0. The van der Waals surface area contributed by atoms with Crippen molar-refractivity contribution in [1.29, 1.82) is 0 Å². The third kappa shape index (κ3) is 6.94. The number of ether oxygens (including phenoxy) is 7. The van der Waals surface area contributed by atoms with Gasteiger partial charge in [-0.25, -0.2) is 8.78 Å². The Kier molecular flexibility index (Phi) is 11.0. The predicted octanol–water partition coefficient (Wildman–Crippen LogP) is 4.91. The molecule has 0 atom stereocenters. The van der Waals surface area contributed by atoms with Crippen molar-refractivity contribution in [3.63, 3.8) is 0 Å². The summed E-state index contributed by atoms with van der Waals surface area (Å²) in [5.41, 5.74) is -1.45. The van der Waals surface area contributed by atoms with E-state index in [1.807, 2.05) is 18.7 Å². The van der Waals surface area contributed by atoms with E-state index in [0.717, 1.165) is 12.1 Å². The number of rotatable bonds is 16. The van der Waals surface area contributed by atoms with Crippen molar-refractivity contribution in [3.8, 4) is 28.7 Å². The first-order valence-electron chi connectivity index (χ1n) is 13.8. The van der Waals surface area contributed by atoms with Gasteiger partial charge in [-0.1, -0.05) is 6.07 Å². The average Bonchev–Trinajstić information content (AvgIpc) is 2.99. The van der Waals surface area contributed by atoms with Gasteiger partial charge in [0.05, 0.1) is 32.1 Å². The van der Waals surface area contributed by atoms with Crippen LogP contribution in [-0.2, 0) is 24.5 Å². The molecule has 3 aromatic rings. The van der Waals surface area contributed by atoms with Crippen LogP contribution in [0.25, 0.3) is 0 Å². The minimum absolute atomic E-state index is 0.0175. The van der Waals surface area contributed by atoms with Crippen molar-refractivity contribution in [2.24, 2.45) is 0 Å². The standard InChI is InChI=1S/C31H37F2NO9/c1-5-34(6-2)25-8-7-20(13-26(25)35)31(36)21-14-23(32)29(41-18-39-11-9-37-3)16-27(21)43-28-17-30(24(33)15-22(28)31)42-19-40-12-10-38-4/h7-8,13-17,35-36H,5-6,9-12,18-19H2,1-4H3. The van der Waals surface area contributed by atoms with Crippen LogP contribution in [0.1, 0.15) is 30.5 Å². The number of aromatic hydroxyl groups is 1. The van der Waals surface area contributed by atoms with Crippen LogP contribution in [-0.4, -0.2) is 77.5 Å². The van der Waals surface area contributed by atoms with Crippen LogP contribution >= 0.6 is 0 Å². The molecule has 0 amide bonds. The topological polar surface area (TPSA) is 108 Å². The molecule has 4 rings (SSSR count). The molecular weight excluding hydrogens is 568 g/mol. The van der Waals surface area contributed by atoms with E-state index in [4.69, 9.17) is 33.2 Å². The molecule has 1 aliphatic heterocycles. The molecule has 12 heteroatoms. The van der Waals surface area contributed by atoms with Crippen LogP contribution in [0.2, 0.25) is 0 Å². The molecular formula is C31H37F2NO9. The zero-order valence-electron chi connectivity index (χ0n) is 24.7. The number of phenols is 1. The third-order valence-electron chi connectivity index (χ3n) is 7.02. The molecule has 0 unspecified atom stereocenters. The highest BCUT2D eigenvalue weighted by Crippen LogP contribution is 2.53. The molecule has 43 heavy (non-hydrogen) atoms. The lowest BCUT2D eigenvalue weighted by atomic mass is 9.77. The summed E-state index contributed by atoms with van der Waals surface area (Å²) in [6.45, 7) is 5.81. The van der Waals surface area contributed by atoms with E-state index < -0.39 is 17.2 Å². The van der Waals surface area contributed by atoms with Crippen molar-refractivity contribution >= 4 is 5.69 Å². The highest BCUT2D eigenvalue weighted by Gasteiger charge is 2.44. The Labute approximate surface area is 249 Å². The van der Waals surface area contributed by atoms with Gasteiger partial charge in [-0.15, -0.1) is 0 Å². The molecule has 0 spiro atoms. The molecule has 0 aliphatic carbocycles. The van der Waals surface area contributed by atoms with Crippen LogP contribution in [0.4, 0.5) is 14.5 Å². The SMILES string of the molecule is CCN(CC)c1ccc(C2(O)c3cc(F)c(OCOCCOC)cc3Oc3cc(OCOCCOC)c(F)cc32)cc1O. The van der Waals surface area contributed by atoms with Gasteiger partial charge < -0.3 is 48.3 Å². The number of halogens is 2. The number of phenolic OH excluding ortho intramolecular Hbond substituents is 1. The smallest absolute Gasteiger partial charge is 0.189 e. The Morgan fingerprint density at radius 1 is 0.767 bits per heavy atom. The van der Waals surface area contributed by atoms with Crippen LogP contribution in [0.5, 0.6) is 28.7 Å². The van der Waals surface area contributed by atoms with E-state index in [0.29, 0.717) is 32.0 Å². The fourth-order valence-electron chi connectivity index (χ4n) is 4.79. The number of nitrogens with zero attached hydrogens (tertiary/aromatic N) is 1. The zero-order valence-corrected chi connectivity index (χ0v) is 24.7. The fourth-order valence-corrected chi connectivity index (χ4v) is 4.79. The molecule has 0 radical (unpaired) electrons. The number of fused-ring (bicyclic) bond motifs is 2. The van der Waals surface area contributed by atoms with Gasteiger partial charge in [0.25, 0.3) is 0 Å². The maximum Gasteiger partial charge on any atom is 0.189 e. The molecule has 10 nitrogen and oxygen atoms in total. The second-order valence-electron chi connectivity index (χ2n) is 9.57. The first-order valence-corrected chi connectivity index (χ1v) is 13.8. The van der Waals surface area contributed by atoms with E-state index in [1.165, 1.54) is 32.4 Å². The minimum Gasteiger partial charge on any atom is -0.506 e. The van der Waals surface area contributed by atoms with Crippen LogP contribution in [0.3, 0.4) is 0 Å². The first-order chi connectivity index (χ1) is 20.8. The summed E-state index contributed by atoms with van der Waals surface area (Å²) in [5.74, 6) is -2.01. The summed E-state index contributed by atoms with van der Waals surface area (Å²) in [6, 6.07) is 9.31. The van der Waals surface area contributed by atoms with E-state index in [9.17, 15) is 10.2 Å². The number of anilines is 1. The number of aliphatic hydroxyl groups is 1. The molecule has 1 aliphatic rings. The molecule has 0 fully saturated rings. The summed E-state index contributed by atoms with van der Waals surface area (Å²) in [4.78, 5) is 1.94. The second-order valence-corrected chi connectivity index (χ2v) is 9.57. The van der Waals surface area contributed by atoms with Gasteiger partial charge in [-0.2, -0.15) is 0 Å². The Morgan fingerprint density at radius 3 is 1.72 bits per heavy atom. The summed E-state index contributed by atoms with van der Waals surface area (Å²) in [7, 11) is 3.05. The van der Waals surface area contributed by atoms with Crippen molar-refractivity contribution < 1.29 is 52.2 Å². The molecule has 3 aromatic carbocycles. The molecule has 0 aromatic heterocycles. The summed E-state index contributed by atoms with van der Waals surface area (Å²) in [5, 5.41) is 23.4. The van der Waals surface area contributed by atoms with Crippen LogP contribution in [0, 0.1) is 11.6 Å². The van der Waals surface area contributed by atoms with Gasteiger partial charge in [0.1, 0.15) is 22.8 Å². The molecule has 2 N–H and O–H groups in total. The Bertz CT molecular complexity index is 1310. The fraction of sp³-hybridized carbons (Fsp3) is 0.419. The van der Waals surface area contributed by atoms with Crippen molar-refractivity contribution in [2.75, 3.05) is 72.2 Å². The lowest BCUT2D eigenvalue weighted by Crippen LogP contribution is -2.33. The maximum absolute atomic E-state index is 15.4. The summed E-state index contributed by atoms with van der Waals surface area (Å²) in [6.07, 6.45) is 0. The van der Waals surface area contributed by atoms with Crippen LogP contribution < -0.4 is 19.1 Å². The minimum atomic E-state index is -2.13. The maximum atomic E-state index is 15.4. The number of methoxy groups -OCH3 is 2. The average molecular weight is 606 g/mol. The van der Waals surface area contributed by atoms with E-state index in [2.05, 4.69) is 0 Å². The predicted molar refractivity (Wildman–Crippen MR) is 153 cm³/mol. The number of hydrogen-bond donors (Lipinski definition) is 2. The normalized spacial score (nSPS) is 13.2. The molecule has 0 saturated heterocycles. The monoisotopic (exact) mass is 605 g/mol. The van der Waals surface area contributed by atoms with Gasteiger partial charge in [0.2, 0.25) is 0 Å². The highest BCUT2D eigenvalue weighted by atomic mass is 19.1. The van der Waals surface area contributed by atoms with Crippen molar-refractivity contribution in [1.82, 2.24) is 0 Å². The van der Waals surface area contributed by atoms with Crippen molar-refractivity contribution in [3.05, 3.63) is 70.8 Å². The van der Waals surface area contributed by atoms with E-state index >= 15 is 8.78 Å². The number of benzene rings is 3. The van der Waals surface area contributed by atoms with Crippen LogP contribution in [0.15, 0.2) is 42.5 Å². The Balaban J connectivity index is 1.78. The van der Waals surface area contributed by atoms with E-state index in [-0.39, 0.29) is 72.2 Å². The van der Waals surface area contributed by atoms with Gasteiger partial charge in [0.15, 0.2) is 36.7 Å². The molecule has 0 saturated carbocycles. The Morgan fingerprint density at radius 2 is 1.28 bits per heavy atom. The third-order valence-corrected chi connectivity index (χ3v) is 7.02. The molecule has 1 heterocycles. The lowest BCUT2D eigenvalue weighted by molar-refractivity contribution is -0.0103. The summed E-state index contributed by atoms with van der Waals surface area (Å²) < 4.78 is 68.1. The van der Waals surface area contributed by atoms with Gasteiger partial charge in [-0.3, -0.25) is 0 Å². The second kappa shape index (κ2) is 14.7. The van der Waals surface area contributed by atoms with Crippen molar-refractivity contribution in [2.45, 2.75) is 19.4 Å². The quantitative estimate of drug-likeness (QED) is 0.173. The largest absolute Gasteiger partial charge is 0.506 e. The van der Waals surface area contributed by atoms with E-state index in [1.54, 1.807) is 12.1 Å². The Hall–Kier alpha value is -3.68. The molecule has 234 valence electrons. The van der Waals surface area contributed by atoms with Gasteiger partial charge >= 0.3 is 0 Å². The number of hydrogen-bond acceptors (Lipinski definition) is 10. The lowest BCUT2D eigenvalue weighted by Gasteiger charge is -2.37.